The molecule has 86 valence electrons. The van der Waals surface area contributed by atoms with Gasteiger partial charge in [0.15, 0.2) is 11.5 Å². The highest BCUT2D eigenvalue weighted by Gasteiger charge is 2.09. The lowest BCUT2D eigenvalue weighted by atomic mass is 10.2. The Kier molecular flexibility index (Phi) is 4.65. The van der Waals surface area contributed by atoms with Crippen LogP contribution in [0, 0.1) is 11.3 Å². The average molecular weight is 219 g/mol. The van der Waals surface area contributed by atoms with Crippen LogP contribution >= 0.6 is 0 Å². The van der Waals surface area contributed by atoms with E-state index in [2.05, 4.69) is 13.0 Å². The van der Waals surface area contributed by atoms with Crippen LogP contribution in [0.1, 0.15) is 32.8 Å². The zero-order valence-electron chi connectivity index (χ0n) is 9.99. The first kappa shape index (κ1) is 12.4. The lowest BCUT2D eigenvalue weighted by Crippen LogP contribution is -2.10. The normalized spacial score (nSPS) is 11.6. The molecular weight excluding hydrogens is 202 g/mol. The van der Waals surface area contributed by atoms with Crippen LogP contribution in [0.15, 0.2) is 18.2 Å². The summed E-state index contributed by atoms with van der Waals surface area (Å²) in [7, 11) is 0. The van der Waals surface area contributed by atoms with Gasteiger partial charge in [-0.25, -0.2) is 0 Å². The summed E-state index contributed by atoms with van der Waals surface area (Å²) in [6.07, 6.45) is 1.08. The minimum absolute atomic E-state index is 0.146. The number of hydrogen-bond donors (Lipinski definition) is 0. The average Bonchev–Trinajstić information content (AvgIpc) is 2.31. The maximum absolute atomic E-state index is 8.80. The van der Waals surface area contributed by atoms with Crippen molar-refractivity contribution in [2.24, 2.45) is 0 Å². The first-order valence-corrected chi connectivity index (χ1v) is 5.54. The van der Waals surface area contributed by atoms with Crippen LogP contribution in [0.2, 0.25) is 0 Å². The number of rotatable bonds is 5. The molecule has 0 aliphatic carbocycles. The fourth-order valence-corrected chi connectivity index (χ4v) is 1.24. The van der Waals surface area contributed by atoms with Gasteiger partial charge < -0.3 is 9.47 Å². The molecule has 1 aromatic rings. The van der Waals surface area contributed by atoms with Crippen LogP contribution < -0.4 is 9.47 Å². The molecule has 0 spiro atoms. The monoisotopic (exact) mass is 219 g/mol. The van der Waals surface area contributed by atoms with Crippen LogP contribution in [0.3, 0.4) is 0 Å². The van der Waals surface area contributed by atoms with Gasteiger partial charge in [-0.3, -0.25) is 0 Å². The Labute approximate surface area is 96.6 Å². The van der Waals surface area contributed by atoms with E-state index in [1.54, 1.807) is 18.2 Å². The van der Waals surface area contributed by atoms with Crippen molar-refractivity contribution in [1.29, 1.82) is 5.26 Å². The van der Waals surface area contributed by atoms with E-state index in [9.17, 15) is 0 Å². The topological polar surface area (TPSA) is 42.2 Å². The Balaban J connectivity index is 2.94. The minimum Gasteiger partial charge on any atom is -0.490 e. The van der Waals surface area contributed by atoms with Crippen LogP contribution in [0.5, 0.6) is 11.5 Å². The van der Waals surface area contributed by atoms with Crippen molar-refractivity contribution >= 4 is 0 Å². The zero-order valence-corrected chi connectivity index (χ0v) is 9.99. The molecule has 3 nitrogen and oxygen atoms in total. The molecule has 0 N–H and O–H groups in total. The van der Waals surface area contributed by atoms with Crippen molar-refractivity contribution in [2.45, 2.75) is 33.3 Å². The standard InChI is InChI=1S/C13H17NO2/c1-4-10(3)16-12-7-6-11(9-14)8-13(12)15-5-2/h6-8,10H,4-5H2,1-3H3. The van der Waals surface area contributed by atoms with Crippen molar-refractivity contribution in [3.8, 4) is 17.6 Å². The van der Waals surface area contributed by atoms with Crippen molar-refractivity contribution < 1.29 is 9.47 Å². The number of nitriles is 1. The van der Waals surface area contributed by atoms with Crippen molar-refractivity contribution in [2.75, 3.05) is 6.61 Å². The Morgan fingerprint density at radius 2 is 2.06 bits per heavy atom. The highest BCUT2D eigenvalue weighted by Crippen LogP contribution is 2.29. The van der Waals surface area contributed by atoms with E-state index in [0.717, 1.165) is 6.42 Å². The summed E-state index contributed by atoms with van der Waals surface area (Å²) in [4.78, 5) is 0. The Bertz CT molecular complexity index is 382. The SMILES string of the molecule is CCOc1cc(C#N)ccc1OC(C)CC. The molecule has 0 radical (unpaired) electrons. The van der Waals surface area contributed by atoms with Crippen LogP contribution in [-0.4, -0.2) is 12.7 Å². The predicted molar refractivity (Wildman–Crippen MR) is 62.7 cm³/mol. The molecule has 0 aliphatic rings. The molecule has 0 aromatic heterocycles. The fraction of sp³-hybridized carbons (Fsp3) is 0.462. The zero-order chi connectivity index (χ0) is 12.0. The third-order valence-electron chi connectivity index (χ3n) is 2.28. The van der Waals surface area contributed by atoms with Crippen molar-refractivity contribution in [3.05, 3.63) is 23.8 Å². The first-order chi connectivity index (χ1) is 7.71. The van der Waals surface area contributed by atoms with Gasteiger partial charge in [0.25, 0.3) is 0 Å². The molecular formula is C13H17NO2. The van der Waals surface area contributed by atoms with Crippen LogP contribution in [0.25, 0.3) is 0 Å². The summed E-state index contributed by atoms with van der Waals surface area (Å²) in [5, 5.41) is 8.80. The largest absolute Gasteiger partial charge is 0.490 e. The molecule has 3 heteroatoms. The quantitative estimate of drug-likeness (QED) is 0.764. The van der Waals surface area contributed by atoms with Gasteiger partial charge in [-0.2, -0.15) is 5.26 Å². The molecule has 0 bridgehead atoms. The van der Waals surface area contributed by atoms with Gasteiger partial charge in [-0.15, -0.1) is 0 Å². The van der Waals surface area contributed by atoms with Gasteiger partial charge in [0, 0.05) is 6.07 Å². The van der Waals surface area contributed by atoms with E-state index >= 15 is 0 Å². The van der Waals surface area contributed by atoms with Gasteiger partial charge >= 0.3 is 0 Å². The summed E-state index contributed by atoms with van der Waals surface area (Å²) < 4.78 is 11.2. The Morgan fingerprint density at radius 3 is 2.62 bits per heavy atom. The molecule has 0 heterocycles. The van der Waals surface area contributed by atoms with E-state index in [1.165, 1.54) is 0 Å². The summed E-state index contributed by atoms with van der Waals surface area (Å²) in [5.74, 6) is 1.34. The Hall–Kier alpha value is -1.69. The maximum atomic E-state index is 8.80. The van der Waals surface area contributed by atoms with Gasteiger partial charge in [0.1, 0.15) is 0 Å². The lowest BCUT2D eigenvalue weighted by Gasteiger charge is -2.16. The van der Waals surface area contributed by atoms with Gasteiger partial charge in [0.2, 0.25) is 0 Å². The number of ether oxygens (including phenoxy) is 2. The smallest absolute Gasteiger partial charge is 0.162 e. The van der Waals surface area contributed by atoms with Crippen molar-refractivity contribution in [3.63, 3.8) is 0 Å². The first-order valence-electron chi connectivity index (χ1n) is 5.54. The molecule has 0 saturated heterocycles. The fourth-order valence-electron chi connectivity index (χ4n) is 1.24. The van der Waals surface area contributed by atoms with E-state index in [0.29, 0.717) is 23.7 Å². The Morgan fingerprint density at radius 1 is 1.31 bits per heavy atom. The third-order valence-corrected chi connectivity index (χ3v) is 2.28. The summed E-state index contributed by atoms with van der Waals surface area (Å²) in [5.41, 5.74) is 0.583. The highest BCUT2D eigenvalue weighted by molar-refractivity contribution is 5.46. The number of benzene rings is 1. The molecule has 1 aromatic carbocycles. The second-order valence-corrected chi connectivity index (χ2v) is 3.54. The highest BCUT2D eigenvalue weighted by atomic mass is 16.5. The van der Waals surface area contributed by atoms with Gasteiger partial charge in [-0.05, 0) is 32.4 Å². The molecule has 16 heavy (non-hydrogen) atoms. The number of nitrogens with zero attached hydrogens (tertiary/aromatic N) is 1. The van der Waals surface area contributed by atoms with Crippen LogP contribution in [0.4, 0.5) is 0 Å². The third kappa shape index (κ3) is 3.16. The maximum Gasteiger partial charge on any atom is 0.162 e. The molecule has 0 amide bonds. The van der Waals surface area contributed by atoms with Gasteiger partial charge in [-0.1, -0.05) is 6.92 Å². The summed E-state index contributed by atoms with van der Waals surface area (Å²) >= 11 is 0. The molecule has 1 rings (SSSR count). The van der Waals surface area contributed by atoms with E-state index in [1.807, 2.05) is 13.8 Å². The van der Waals surface area contributed by atoms with E-state index < -0.39 is 0 Å². The van der Waals surface area contributed by atoms with Crippen molar-refractivity contribution in [1.82, 2.24) is 0 Å². The second-order valence-electron chi connectivity index (χ2n) is 3.54. The van der Waals surface area contributed by atoms with E-state index in [-0.39, 0.29) is 6.10 Å². The molecule has 1 atom stereocenters. The molecule has 0 fully saturated rings. The number of hydrogen-bond acceptors (Lipinski definition) is 3. The summed E-state index contributed by atoms with van der Waals surface area (Å²) in [6.45, 7) is 6.54. The molecule has 1 unspecified atom stereocenters. The van der Waals surface area contributed by atoms with E-state index in [4.69, 9.17) is 14.7 Å². The predicted octanol–water partition coefficient (Wildman–Crippen LogP) is 3.13. The molecule has 0 saturated carbocycles. The van der Waals surface area contributed by atoms with Crippen LogP contribution in [-0.2, 0) is 0 Å². The minimum atomic E-state index is 0.146. The molecule has 0 aliphatic heterocycles. The second kappa shape index (κ2) is 6.02. The van der Waals surface area contributed by atoms with Gasteiger partial charge in [0.05, 0.1) is 24.3 Å². The summed E-state index contributed by atoms with van der Waals surface area (Å²) in [6, 6.07) is 7.32. The lowest BCUT2D eigenvalue weighted by molar-refractivity contribution is 0.203.